The van der Waals surface area contributed by atoms with E-state index in [0.717, 1.165) is 59.5 Å². The van der Waals surface area contributed by atoms with Crippen molar-refractivity contribution in [1.29, 1.82) is 0 Å². The van der Waals surface area contributed by atoms with E-state index in [-0.39, 0.29) is 0 Å². The molecule has 1 unspecified atom stereocenters. The number of hydrogen-bond donors (Lipinski definition) is 1. The summed E-state index contributed by atoms with van der Waals surface area (Å²) in [4.78, 5) is 0. The van der Waals surface area contributed by atoms with Crippen molar-refractivity contribution in [3.05, 3.63) is 82.9 Å². The predicted molar refractivity (Wildman–Crippen MR) is 137 cm³/mol. The molecule has 1 fully saturated rings. The molecule has 4 rings (SSSR count). The summed E-state index contributed by atoms with van der Waals surface area (Å²) >= 11 is 7.89. The highest BCUT2D eigenvalue weighted by atomic mass is 35.5. The lowest BCUT2D eigenvalue weighted by Crippen LogP contribution is -2.14. The molecule has 0 saturated carbocycles. The number of ether oxygens (including phenoxy) is 3. The smallest absolute Gasteiger partial charge is 0.127 e. The third kappa shape index (κ3) is 7.07. The molecule has 0 spiro atoms. The van der Waals surface area contributed by atoms with Gasteiger partial charge in [0.05, 0.1) is 13.2 Å². The van der Waals surface area contributed by atoms with Crippen molar-refractivity contribution in [3.8, 4) is 23.0 Å². The highest BCUT2D eigenvalue weighted by Gasteiger charge is 2.16. The Morgan fingerprint density at radius 2 is 1.64 bits per heavy atom. The first kappa shape index (κ1) is 23.8. The maximum Gasteiger partial charge on any atom is 0.127 e. The number of halogens is 1. The van der Waals surface area contributed by atoms with E-state index in [9.17, 15) is 0 Å². The molecular formula is C27H30ClNO3S. The molecule has 4 nitrogen and oxygen atoms in total. The van der Waals surface area contributed by atoms with Crippen LogP contribution in [0.4, 0.5) is 0 Å². The number of aryl methyl sites for hydroxylation is 1. The third-order valence-electron chi connectivity index (χ3n) is 5.41. The first-order valence-electron chi connectivity index (χ1n) is 11.4. The Balaban J connectivity index is 1.24. The lowest BCUT2D eigenvalue weighted by atomic mass is 10.1. The summed E-state index contributed by atoms with van der Waals surface area (Å²) in [5.41, 5.74) is 2.47. The summed E-state index contributed by atoms with van der Waals surface area (Å²) < 4.78 is 17.9. The Hall–Kier alpha value is -2.34. The third-order valence-corrected chi connectivity index (χ3v) is 6.61. The standard InChI is InChI=1S/C27H30ClNO3S/c1-2-4-21-17-25(32-24-11-7-22(28)8-12-24)13-14-27(21)31-16-3-15-30-23-9-5-20(6-10-23)26-18-33-19-29-26/h5-14,17,26,29H,2-4,15-16,18-19H2,1H3. The Kier molecular flexibility index (Phi) is 8.81. The average molecular weight is 484 g/mol. The fraction of sp³-hybridized carbons (Fsp3) is 0.333. The average Bonchev–Trinajstić information content (AvgIpc) is 3.37. The minimum Gasteiger partial charge on any atom is -0.493 e. The molecule has 1 aliphatic heterocycles. The van der Waals surface area contributed by atoms with Crippen LogP contribution in [0.1, 0.15) is 36.9 Å². The van der Waals surface area contributed by atoms with Gasteiger partial charge < -0.3 is 19.5 Å². The molecule has 33 heavy (non-hydrogen) atoms. The lowest BCUT2D eigenvalue weighted by Gasteiger charge is -2.14. The molecule has 174 valence electrons. The first-order valence-corrected chi connectivity index (χ1v) is 13.0. The Bertz CT molecular complexity index is 1000. The van der Waals surface area contributed by atoms with Gasteiger partial charge in [0.1, 0.15) is 23.0 Å². The van der Waals surface area contributed by atoms with Crippen LogP contribution in [0, 0.1) is 0 Å². The van der Waals surface area contributed by atoms with Crippen LogP contribution in [0.15, 0.2) is 66.7 Å². The van der Waals surface area contributed by atoms with Crippen molar-refractivity contribution in [2.24, 2.45) is 0 Å². The van der Waals surface area contributed by atoms with Gasteiger partial charge in [-0.05, 0) is 72.1 Å². The van der Waals surface area contributed by atoms with Crippen LogP contribution in [0.25, 0.3) is 0 Å². The summed E-state index contributed by atoms with van der Waals surface area (Å²) in [6.07, 6.45) is 2.79. The van der Waals surface area contributed by atoms with Crippen molar-refractivity contribution in [1.82, 2.24) is 5.32 Å². The number of nitrogens with one attached hydrogen (secondary N) is 1. The minimum absolute atomic E-state index is 0.456. The zero-order chi connectivity index (χ0) is 22.9. The molecule has 1 saturated heterocycles. The van der Waals surface area contributed by atoms with Gasteiger partial charge in [-0.25, -0.2) is 0 Å². The van der Waals surface area contributed by atoms with E-state index in [2.05, 4.69) is 42.6 Å². The number of thioether (sulfide) groups is 1. The number of hydrogen-bond acceptors (Lipinski definition) is 5. The molecule has 6 heteroatoms. The van der Waals surface area contributed by atoms with Crippen LogP contribution in [-0.2, 0) is 6.42 Å². The molecular weight excluding hydrogens is 454 g/mol. The largest absolute Gasteiger partial charge is 0.493 e. The molecule has 0 bridgehead atoms. The normalized spacial score (nSPS) is 15.4. The van der Waals surface area contributed by atoms with Crippen LogP contribution in [0.5, 0.6) is 23.0 Å². The van der Waals surface area contributed by atoms with E-state index in [1.807, 2.05) is 48.2 Å². The van der Waals surface area contributed by atoms with Crippen LogP contribution < -0.4 is 19.5 Å². The van der Waals surface area contributed by atoms with E-state index in [1.54, 1.807) is 0 Å². The molecule has 3 aromatic carbocycles. The van der Waals surface area contributed by atoms with E-state index < -0.39 is 0 Å². The van der Waals surface area contributed by atoms with Crippen LogP contribution >= 0.6 is 23.4 Å². The van der Waals surface area contributed by atoms with Gasteiger partial charge in [0.15, 0.2) is 0 Å². The zero-order valence-electron chi connectivity index (χ0n) is 18.9. The van der Waals surface area contributed by atoms with Crippen molar-refractivity contribution in [2.45, 2.75) is 32.2 Å². The van der Waals surface area contributed by atoms with Gasteiger partial charge in [-0.3, -0.25) is 0 Å². The summed E-state index contributed by atoms with van der Waals surface area (Å²) in [5, 5.41) is 4.19. The molecule has 0 aromatic heterocycles. The number of benzene rings is 3. The molecule has 0 aliphatic carbocycles. The first-order chi connectivity index (χ1) is 16.2. The van der Waals surface area contributed by atoms with E-state index in [1.165, 1.54) is 5.56 Å². The molecule has 1 atom stereocenters. The molecule has 1 N–H and O–H groups in total. The van der Waals surface area contributed by atoms with Gasteiger partial charge in [-0.2, -0.15) is 0 Å². The van der Waals surface area contributed by atoms with Gasteiger partial charge in [-0.1, -0.05) is 37.1 Å². The van der Waals surface area contributed by atoms with E-state index >= 15 is 0 Å². The van der Waals surface area contributed by atoms with Crippen LogP contribution in [0.3, 0.4) is 0 Å². The van der Waals surface area contributed by atoms with Crippen molar-refractivity contribution in [2.75, 3.05) is 24.8 Å². The second kappa shape index (κ2) is 12.2. The van der Waals surface area contributed by atoms with Crippen molar-refractivity contribution < 1.29 is 14.2 Å². The lowest BCUT2D eigenvalue weighted by molar-refractivity contribution is 0.246. The SMILES string of the molecule is CCCc1cc(Oc2ccc(Cl)cc2)ccc1OCCCOc1ccc(C2CSCN2)cc1. The Morgan fingerprint density at radius 1 is 0.909 bits per heavy atom. The maximum atomic E-state index is 6.07. The number of rotatable bonds is 11. The summed E-state index contributed by atoms with van der Waals surface area (Å²) in [5.74, 6) is 5.53. The van der Waals surface area contributed by atoms with Gasteiger partial charge in [0.25, 0.3) is 0 Å². The monoisotopic (exact) mass is 483 g/mol. The topological polar surface area (TPSA) is 39.7 Å². The summed E-state index contributed by atoms with van der Waals surface area (Å²) in [7, 11) is 0. The Morgan fingerprint density at radius 3 is 2.36 bits per heavy atom. The predicted octanol–water partition coefficient (Wildman–Crippen LogP) is 7.27. The highest BCUT2D eigenvalue weighted by Crippen LogP contribution is 2.30. The molecule has 0 amide bonds. The van der Waals surface area contributed by atoms with Crippen molar-refractivity contribution in [3.63, 3.8) is 0 Å². The van der Waals surface area contributed by atoms with Gasteiger partial charge in [0, 0.05) is 29.1 Å². The molecule has 0 radical (unpaired) electrons. The zero-order valence-corrected chi connectivity index (χ0v) is 20.5. The van der Waals surface area contributed by atoms with Gasteiger partial charge in [-0.15, -0.1) is 11.8 Å². The second-order valence-electron chi connectivity index (χ2n) is 7.97. The van der Waals surface area contributed by atoms with E-state index in [0.29, 0.717) is 24.3 Å². The van der Waals surface area contributed by atoms with Gasteiger partial charge >= 0.3 is 0 Å². The van der Waals surface area contributed by atoms with Crippen LogP contribution in [-0.4, -0.2) is 24.8 Å². The molecule has 3 aromatic rings. The van der Waals surface area contributed by atoms with Gasteiger partial charge in [0.2, 0.25) is 0 Å². The fourth-order valence-electron chi connectivity index (χ4n) is 3.70. The van der Waals surface area contributed by atoms with Crippen LogP contribution in [0.2, 0.25) is 5.02 Å². The molecule has 1 heterocycles. The summed E-state index contributed by atoms with van der Waals surface area (Å²) in [6, 6.07) is 22.2. The fourth-order valence-corrected chi connectivity index (χ4v) is 4.81. The quantitative estimate of drug-likeness (QED) is 0.290. The highest BCUT2D eigenvalue weighted by molar-refractivity contribution is 7.99. The molecule has 1 aliphatic rings. The minimum atomic E-state index is 0.456. The Labute approximate surface area is 205 Å². The second-order valence-corrected chi connectivity index (χ2v) is 9.43. The van der Waals surface area contributed by atoms with Crippen molar-refractivity contribution >= 4 is 23.4 Å². The summed E-state index contributed by atoms with van der Waals surface area (Å²) in [6.45, 7) is 3.39. The maximum absolute atomic E-state index is 6.07. The van der Waals surface area contributed by atoms with E-state index in [4.69, 9.17) is 25.8 Å².